The van der Waals surface area contributed by atoms with Crippen molar-refractivity contribution in [2.24, 2.45) is 0 Å². The van der Waals surface area contributed by atoms with Crippen molar-refractivity contribution in [1.82, 2.24) is 9.88 Å². The van der Waals surface area contributed by atoms with E-state index in [1.165, 1.54) is 11.3 Å². The summed E-state index contributed by atoms with van der Waals surface area (Å²) in [5.74, 6) is 0.328. The molecule has 21 heavy (non-hydrogen) atoms. The zero-order valence-electron chi connectivity index (χ0n) is 11.5. The number of aromatic hydroxyl groups is 1. The smallest absolute Gasteiger partial charge is 0.120 e. The first kappa shape index (κ1) is 12.2. The lowest BCUT2D eigenvalue weighted by molar-refractivity contribution is 0.456. The largest absolute Gasteiger partial charge is 0.508 e. The molecule has 0 fully saturated rings. The molecule has 0 amide bonds. The van der Waals surface area contributed by atoms with Gasteiger partial charge in [-0.2, -0.15) is 0 Å². The maximum atomic E-state index is 10.2. The number of phenolic OH excluding ortho intramolecular Hbond substituents is 1. The van der Waals surface area contributed by atoms with Crippen LogP contribution in [0.4, 0.5) is 0 Å². The normalized spacial score (nSPS) is 16.9. The molecule has 2 N–H and O–H groups in total. The molecule has 0 saturated heterocycles. The second-order valence-electron chi connectivity index (χ2n) is 5.30. The molecule has 3 heteroatoms. The molecule has 104 valence electrons. The number of para-hydroxylation sites is 2. The second kappa shape index (κ2) is 4.79. The number of aromatic nitrogens is 1. The number of phenols is 1. The van der Waals surface area contributed by atoms with Crippen LogP contribution in [0.3, 0.4) is 0 Å². The highest BCUT2D eigenvalue weighted by molar-refractivity contribution is 5.48. The first-order valence-electron chi connectivity index (χ1n) is 7.11. The topological polar surface area (TPSA) is 37.2 Å². The van der Waals surface area contributed by atoms with Crippen molar-refractivity contribution in [3.8, 4) is 11.4 Å². The molecule has 3 nitrogen and oxygen atoms in total. The third-order valence-corrected chi connectivity index (χ3v) is 4.07. The molecule has 0 spiro atoms. The highest BCUT2D eigenvalue weighted by Gasteiger charge is 2.24. The third kappa shape index (κ3) is 1.94. The molecular formula is C18H16N2O. The number of nitrogens with zero attached hydrogens (tertiary/aromatic N) is 1. The Bertz CT molecular complexity index is 791. The average molecular weight is 276 g/mol. The summed E-state index contributed by atoms with van der Waals surface area (Å²) in [6.07, 6.45) is 2.08. The van der Waals surface area contributed by atoms with E-state index in [0.29, 0.717) is 5.75 Å². The van der Waals surface area contributed by atoms with E-state index in [-0.39, 0.29) is 6.04 Å². The Kier molecular flexibility index (Phi) is 2.79. The fraction of sp³-hybridized carbons (Fsp3) is 0.111. The highest BCUT2D eigenvalue weighted by atomic mass is 16.3. The maximum Gasteiger partial charge on any atom is 0.120 e. The maximum absolute atomic E-state index is 10.2. The van der Waals surface area contributed by atoms with E-state index in [1.54, 1.807) is 6.07 Å². The van der Waals surface area contributed by atoms with Crippen LogP contribution in [0.15, 0.2) is 66.9 Å². The van der Waals surface area contributed by atoms with Crippen molar-refractivity contribution < 1.29 is 5.11 Å². The molecule has 1 aliphatic rings. The van der Waals surface area contributed by atoms with Crippen LogP contribution >= 0.6 is 0 Å². The Morgan fingerprint density at radius 2 is 1.76 bits per heavy atom. The van der Waals surface area contributed by atoms with E-state index in [4.69, 9.17) is 0 Å². The summed E-state index contributed by atoms with van der Waals surface area (Å²) >= 11 is 0. The van der Waals surface area contributed by atoms with Gasteiger partial charge in [0.15, 0.2) is 0 Å². The minimum absolute atomic E-state index is 0.0198. The van der Waals surface area contributed by atoms with E-state index < -0.39 is 0 Å². The molecule has 2 aromatic carbocycles. The molecule has 4 rings (SSSR count). The Morgan fingerprint density at radius 3 is 2.67 bits per heavy atom. The summed E-state index contributed by atoms with van der Waals surface area (Å²) in [6, 6.07) is 20.0. The van der Waals surface area contributed by atoms with Crippen LogP contribution in [0.5, 0.6) is 5.75 Å². The minimum atomic E-state index is -0.0198. The molecule has 2 heterocycles. The average Bonchev–Trinajstić information content (AvgIpc) is 2.93. The minimum Gasteiger partial charge on any atom is -0.508 e. The Balaban J connectivity index is 1.90. The van der Waals surface area contributed by atoms with Crippen LogP contribution in [0, 0.1) is 0 Å². The van der Waals surface area contributed by atoms with Crippen molar-refractivity contribution in [2.45, 2.75) is 12.6 Å². The second-order valence-corrected chi connectivity index (χ2v) is 5.30. The van der Waals surface area contributed by atoms with E-state index >= 15 is 0 Å². The number of rotatable bonds is 1. The summed E-state index contributed by atoms with van der Waals surface area (Å²) in [4.78, 5) is 0. The molecule has 1 atom stereocenters. The lowest BCUT2D eigenvalue weighted by atomic mass is 10.0. The number of hydrogen-bond acceptors (Lipinski definition) is 2. The molecule has 0 unspecified atom stereocenters. The Labute approximate surface area is 123 Å². The highest BCUT2D eigenvalue weighted by Crippen LogP contribution is 2.33. The van der Waals surface area contributed by atoms with E-state index in [2.05, 4.69) is 46.4 Å². The first-order valence-corrected chi connectivity index (χ1v) is 7.11. The Hall–Kier alpha value is -2.52. The summed E-state index contributed by atoms with van der Waals surface area (Å²) in [5, 5.41) is 13.7. The predicted molar refractivity (Wildman–Crippen MR) is 82.6 cm³/mol. The van der Waals surface area contributed by atoms with Crippen LogP contribution in [-0.4, -0.2) is 9.67 Å². The van der Waals surface area contributed by atoms with Crippen LogP contribution < -0.4 is 5.32 Å². The molecule has 3 aromatic rings. The summed E-state index contributed by atoms with van der Waals surface area (Å²) < 4.78 is 2.20. The van der Waals surface area contributed by atoms with Gasteiger partial charge in [0.05, 0.1) is 6.04 Å². The van der Waals surface area contributed by atoms with Gasteiger partial charge < -0.3 is 15.0 Å². The number of benzene rings is 2. The standard InChI is InChI=1S/C18H16N2O/c21-17-10-4-2-7-14(17)18-16-9-5-11-20(16)15-8-3-1-6-13(15)12-19-18/h1-11,18-19,21H,12H2/t18-/m1/s1. The van der Waals surface area contributed by atoms with Crippen LogP contribution in [0.2, 0.25) is 0 Å². The van der Waals surface area contributed by atoms with Gasteiger partial charge in [0, 0.05) is 29.7 Å². The van der Waals surface area contributed by atoms with Gasteiger partial charge in [0.25, 0.3) is 0 Å². The van der Waals surface area contributed by atoms with Gasteiger partial charge in [-0.25, -0.2) is 0 Å². The van der Waals surface area contributed by atoms with Gasteiger partial charge in [-0.05, 0) is 29.8 Å². The molecule has 0 saturated carbocycles. The molecule has 1 aliphatic heterocycles. The molecule has 0 aliphatic carbocycles. The van der Waals surface area contributed by atoms with Gasteiger partial charge in [-0.1, -0.05) is 36.4 Å². The molecule has 1 aromatic heterocycles. The summed E-state index contributed by atoms with van der Waals surface area (Å²) in [7, 11) is 0. The van der Waals surface area contributed by atoms with Crippen LogP contribution in [-0.2, 0) is 6.54 Å². The predicted octanol–water partition coefficient (Wildman–Crippen LogP) is 3.38. The SMILES string of the molecule is Oc1ccccc1[C@H]1NCc2ccccc2-n2cccc21. The number of fused-ring (bicyclic) bond motifs is 3. The molecule has 0 bridgehead atoms. The van der Waals surface area contributed by atoms with E-state index in [0.717, 1.165) is 17.8 Å². The Morgan fingerprint density at radius 1 is 0.952 bits per heavy atom. The van der Waals surface area contributed by atoms with Gasteiger partial charge >= 0.3 is 0 Å². The quantitative estimate of drug-likeness (QED) is 0.715. The zero-order chi connectivity index (χ0) is 14.2. The van der Waals surface area contributed by atoms with Crippen molar-refractivity contribution in [2.75, 3.05) is 0 Å². The fourth-order valence-corrected chi connectivity index (χ4v) is 3.06. The van der Waals surface area contributed by atoms with Gasteiger partial charge in [0.2, 0.25) is 0 Å². The summed E-state index contributed by atoms with van der Waals surface area (Å²) in [6.45, 7) is 0.775. The monoisotopic (exact) mass is 276 g/mol. The molecular weight excluding hydrogens is 260 g/mol. The third-order valence-electron chi connectivity index (χ3n) is 4.07. The lowest BCUT2D eigenvalue weighted by Crippen LogP contribution is -2.21. The number of hydrogen-bond donors (Lipinski definition) is 2. The van der Waals surface area contributed by atoms with Crippen molar-refractivity contribution in [3.63, 3.8) is 0 Å². The van der Waals surface area contributed by atoms with E-state index in [1.807, 2.05) is 24.3 Å². The fourth-order valence-electron chi connectivity index (χ4n) is 3.06. The summed E-state index contributed by atoms with van der Waals surface area (Å²) in [5.41, 5.74) is 4.50. The van der Waals surface area contributed by atoms with Gasteiger partial charge in [-0.15, -0.1) is 0 Å². The van der Waals surface area contributed by atoms with E-state index in [9.17, 15) is 5.11 Å². The first-order chi connectivity index (χ1) is 10.3. The van der Waals surface area contributed by atoms with Gasteiger partial charge in [-0.3, -0.25) is 0 Å². The zero-order valence-corrected chi connectivity index (χ0v) is 11.5. The molecule has 0 radical (unpaired) electrons. The lowest BCUT2D eigenvalue weighted by Gasteiger charge is -2.19. The van der Waals surface area contributed by atoms with Crippen LogP contribution in [0.25, 0.3) is 5.69 Å². The van der Waals surface area contributed by atoms with Crippen LogP contribution in [0.1, 0.15) is 22.9 Å². The van der Waals surface area contributed by atoms with Crippen molar-refractivity contribution >= 4 is 0 Å². The number of nitrogens with one attached hydrogen (secondary N) is 1. The van der Waals surface area contributed by atoms with Gasteiger partial charge in [0.1, 0.15) is 5.75 Å². The van der Waals surface area contributed by atoms with Crippen molar-refractivity contribution in [3.05, 3.63) is 83.7 Å². The van der Waals surface area contributed by atoms with Crippen molar-refractivity contribution in [1.29, 1.82) is 0 Å².